The molecule has 1 N–H and O–H groups in total. The number of ether oxygens (including phenoxy) is 2. The van der Waals surface area contributed by atoms with Crippen LogP contribution in [0.25, 0.3) is 11.3 Å². The molecule has 0 radical (unpaired) electrons. The zero-order chi connectivity index (χ0) is 17.6. The Morgan fingerprint density at radius 3 is 2.64 bits per heavy atom. The average molecular weight is 354 g/mol. The highest BCUT2D eigenvalue weighted by Crippen LogP contribution is 2.35. The van der Waals surface area contributed by atoms with Crippen molar-refractivity contribution in [3.05, 3.63) is 53.7 Å². The molecule has 0 aliphatic carbocycles. The van der Waals surface area contributed by atoms with E-state index in [-0.39, 0.29) is 0 Å². The maximum Gasteiger partial charge on any atom is 0.203 e. The highest BCUT2D eigenvalue weighted by molar-refractivity contribution is 7.14. The van der Waals surface area contributed by atoms with E-state index in [1.54, 1.807) is 26.6 Å². The summed E-state index contributed by atoms with van der Waals surface area (Å²) in [6.07, 6.45) is 3.48. The van der Waals surface area contributed by atoms with Gasteiger partial charge < -0.3 is 9.47 Å². The minimum Gasteiger partial charge on any atom is -0.497 e. The van der Waals surface area contributed by atoms with E-state index < -0.39 is 0 Å². The third-order valence-electron chi connectivity index (χ3n) is 3.60. The molecule has 25 heavy (non-hydrogen) atoms. The molecule has 3 aromatic rings. The van der Waals surface area contributed by atoms with Crippen LogP contribution in [0, 0.1) is 0 Å². The molecule has 0 spiro atoms. The summed E-state index contributed by atoms with van der Waals surface area (Å²) < 4.78 is 10.7. The first-order chi connectivity index (χ1) is 12.2. The van der Waals surface area contributed by atoms with E-state index in [1.807, 2.05) is 42.6 Å². The molecular formula is C18H18N4O2S. The molecule has 1 aromatic carbocycles. The van der Waals surface area contributed by atoms with Crippen LogP contribution in [0.1, 0.15) is 12.5 Å². The molecule has 2 heterocycles. The highest BCUT2D eigenvalue weighted by Gasteiger charge is 2.11. The van der Waals surface area contributed by atoms with Crippen LogP contribution in [0.5, 0.6) is 11.5 Å². The summed E-state index contributed by atoms with van der Waals surface area (Å²) >= 11 is 1.48. The number of nitrogens with one attached hydrogen (secondary N) is 1. The second kappa shape index (κ2) is 7.76. The van der Waals surface area contributed by atoms with Gasteiger partial charge in [0.05, 0.1) is 25.6 Å². The van der Waals surface area contributed by atoms with Gasteiger partial charge in [-0.2, -0.15) is 5.10 Å². The fourth-order valence-corrected chi connectivity index (χ4v) is 2.90. The molecule has 0 saturated heterocycles. The molecule has 0 amide bonds. The number of anilines is 1. The quantitative estimate of drug-likeness (QED) is 0.534. The van der Waals surface area contributed by atoms with Crippen molar-refractivity contribution in [2.75, 3.05) is 19.6 Å². The van der Waals surface area contributed by atoms with Gasteiger partial charge in [-0.05, 0) is 37.3 Å². The number of hydrazone groups is 1. The summed E-state index contributed by atoms with van der Waals surface area (Å²) in [5.41, 5.74) is 6.55. The van der Waals surface area contributed by atoms with Gasteiger partial charge in [-0.25, -0.2) is 4.98 Å². The van der Waals surface area contributed by atoms with Gasteiger partial charge in [0.2, 0.25) is 5.13 Å². The maximum absolute atomic E-state index is 5.42. The third-order valence-corrected chi connectivity index (χ3v) is 4.35. The molecule has 0 bridgehead atoms. The standard InChI is InChI=1S/C18H18N4O2S/c1-12(13-6-8-19-9-7-13)21-22-18-20-16(11-25-18)15-10-14(23-2)4-5-17(15)24-3/h4-11H,1-3H3,(H,20,22)/b21-12-. The summed E-state index contributed by atoms with van der Waals surface area (Å²) in [5.74, 6) is 1.50. The Kier molecular flexibility index (Phi) is 5.25. The van der Waals surface area contributed by atoms with Crippen molar-refractivity contribution in [3.63, 3.8) is 0 Å². The Hall–Kier alpha value is -2.93. The van der Waals surface area contributed by atoms with E-state index in [9.17, 15) is 0 Å². The molecule has 128 valence electrons. The van der Waals surface area contributed by atoms with Gasteiger partial charge in [0.15, 0.2) is 0 Å². The Bertz CT molecular complexity index is 878. The van der Waals surface area contributed by atoms with E-state index in [2.05, 4.69) is 20.5 Å². The largest absolute Gasteiger partial charge is 0.497 e. The Balaban J connectivity index is 1.81. The number of methoxy groups -OCH3 is 2. The lowest BCUT2D eigenvalue weighted by Gasteiger charge is -2.08. The van der Waals surface area contributed by atoms with E-state index in [4.69, 9.17) is 9.47 Å². The number of hydrogen-bond donors (Lipinski definition) is 1. The van der Waals surface area contributed by atoms with Crippen LogP contribution in [0.15, 0.2) is 53.2 Å². The molecule has 0 unspecified atom stereocenters. The van der Waals surface area contributed by atoms with Gasteiger partial charge in [0.1, 0.15) is 11.5 Å². The summed E-state index contributed by atoms with van der Waals surface area (Å²) in [7, 11) is 3.27. The number of benzene rings is 1. The lowest BCUT2D eigenvalue weighted by atomic mass is 10.1. The SMILES string of the molecule is COc1ccc(OC)c(-c2csc(N/N=C(/C)c3ccncc3)n2)c1. The molecule has 0 aliphatic rings. The molecule has 2 aromatic heterocycles. The average Bonchev–Trinajstić information content (AvgIpc) is 3.15. The van der Waals surface area contributed by atoms with Gasteiger partial charge in [-0.1, -0.05) is 0 Å². The van der Waals surface area contributed by atoms with E-state index in [0.29, 0.717) is 5.13 Å². The fourth-order valence-electron chi connectivity index (χ4n) is 2.25. The number of rotatable bonds is 6. The van der Waals surface area contributed by atoms with Gasteiger partial charge in [-0.3, -0.25) is 10.4 Å². The Labute approximate surface area is 150 Å². The van der Waals surface area contributed by atoms with Crippen molar-refractivity contribution in [1.82, 2.24) is 9.97 Å². The van der Waals surface area contributed by atoms with Gasteiger partial charge >= 0.3 is 0 Å². The normalized spacial score (nSPS) is 11.2. The van der Waals surface area contributed by atoms with Crippen LogP contribution >= 0.6 is 11.3 Å². The molecule has 6 nitrogen and oxygen atoms in total. The molecule has 7 heteroatoms. The molecule has 3 rings (SSSR count). The number of aromatic nitrogens is 2. The van der Waals surface area contributed by atoms with Crippen molar-refractivity contribution >= 4 is 22.2 Å². The topological polar surface area (TPSA) is 68.6 Å². The van der Waals surface area contributed by atoms with Gasteiger partial charge in [0, 0.05) is 28.9 Å². The van der Waals surface area contributed by atoms with E-state index in [1.165, 1.54) is 11.3 Å². The van der Waals surface area contributed by atoms with Crippen LogP contribution < -0.4 is 14.9 Å². The molecule has 0 fully saturated rings. The van der Waals surface area contributed by atoms with Gasteiger partial charge in [-0.15, -0.1) is 11.3 Å². The molecular weight excluding hydrogens is 336 g/mol. The minimum absolute atomic E-state index is 0.702. The van der Waals surface area contributed by atoms with Crippen molar-refractivity contribution in [1.29, 1.82) is 0 Å². The van der Waals surface area contributed by atoms with Crippen molar-refractivity contribution in [2.45, 2.75) is 6.92 Å². The monoisotopic (exact) mass is 354 g/mol. The first-order valence-corrected chi connectivity index (χ1v) is 8.48. The van der Waals surface area contributed by atoms with Crippen LogP contribution in [-0.4, -0.2) is 29.9 Å². The van der Waals surface area contributed by atoms with Crippen LogP contribution in [0.2, 0.25) is 0 Å². The van der Waals surface area contributed by atoms with Crippen molar-refractivity contribution < 1.29 is 9.47 Å². The zero-order valence-corrected chi connectivity index (χ0v) is 15.0. The molecule has 0 saturated carbocycles. The summed E-state index contributed by atoms with van der Waals surface area (Å²) in [6.45, 7) is 1.93. The number of hydrogen-bond acceptors (Lipinski definition) is 7. The molecule has 0 atom stereocenters. The first-order valence-electron chi connectivity index (χ1n) is 7.60. The zero-order valence-electron chi connectivity index (χ0n) is 14.2. The van der Waals surface area contributed by atoms with Crippen LogP contribution in [0.4, 0.5) is 5.13 Å². The Morgan fingerprint density at radius 1 is 1.12 bits per heavy atom. The number of thiazole rings is 1. The van der Waals surface area contributed by atoms with Gasteiger partial charge in [0.25, 0.3) is 0 Å². The van der Waals surface area contributed by atoms with E-state index in [0.717, 1.165) is 34.0 Å². The molecule has 0 aliphatic heterocycles. The third kappa shape index (κ3) is 3.95. The minimum atomic E-state index is 0.702. The number of nitrogens with zero attached hydrogens (tertiary/aromatic N) is 3. The lowest BCUT2D eigenvalue weighted by Crippen LogP contribution is -1.99. The fraction of sp³-hybridized carbons (Fsp3) is 0.167. The summed E-state index contributed by atoms with van der Waals surface area (Å²) in [4.78, 5) is 8.59. The number of pyridine rings is 1. The maximum atomic E-state index is 5.42. The lowest BCUT2D eigenvalue weighted by molar-refractivity contribution is 0.404. The second-order valence-corrected chi connectivity index (χ2v) is 6.01. The van der Waals surface area contributed by atoms with Crippen molar-refractivity contribution in [2.24, 2.45) is 5.10 Å². The second-order valence-electron chi connectivity index (χ2n) is 5.15. The van der Waals surface area contributed by atoms with Crippen molar-refractivity contribution in [3.8, 4) is 22.8 Å². The highest BCUT2D eigenvalue weighted by atomic mass is 32.1. The summed E-state index contributed by atoms with van der Waals surface area (Å²) in [6, 6.07) is 9.45. The smallest absolute Gasteiger partial charge is 0.203 e. The van der Waals surface area contributed by atoms with E-state index >= 15 is 0 Å². The predicted octanol–water partition coefficient (Wildman–Crippen LogP) is 4.06. The van der Waals surface area contributed by atoms with Crippen LogP contribution in [0.3, 0.4) is 0 Å². The predicted molar refractivity (Wildman–Crippen MR) is 101 cm³/mol. The first kappa shape index (κ1) is 16.9. The van der Waals surface area contributed by atoms with Crippen LogP contribution in [-0.2, 0) is 0 Å². The summed E-state index contributed by atoms with van der Waals surface area (Å²) in [5, 5.41) is 7.04. The Morgan fingerprint density at radius 2 is 1.92 bits per heavy atom.